The summed E-state index contributed by atoms with van der Waals surface area (Å²) in [5, 5.41) is 4.36. The first-order valence-electron chi connectivity index (χ1n) is 7.00. The van der Waals surface area contributed by atoms with Gasteiger partial charge < -0.3 is 14.8 Å². The molecule has 1 aromatic carbocycles. The van der Waals surface area contributed by atoms with Gasteiger partial charge in [0.1, 0.15) is 11.3 Å². The van der Waals surface area contributed by atoms with Gasteiger partial charge in [-0.25, -0.2) is 4.79 Å². The predicted molar refractivity (Wildman–Crippen MR) is 87.1 cm³/mol. The number of nitrogens with one attached hydrogen (secondary N) is 1. The van der Waals surface area contributed by atoms with Gasteiger partial charge in [-0.1, -0.05) is 0 Å². The van der Waals surface area contributed by atoms with Gasteiger partial charge in [0, 0.05) is 24.2 Å². The number of methoxy groups -OCH3 is 2. The number of carbonyl (C=O) groups excluding carboxylic acids is 1. The molecule has 1 N–H and O–H groups in total. The summed E-state index contributed by atoms with van der Waals surface area (Å²) in [6.07, 6.45) is 2.91. The summed E-state index contributed by atoms with van der Waals surface area (Å²) in [6, 6.07) is 5.67. The van der Waals surface area contributed by atoms with Gasteiger partial charge in [-0.05, 0) is 36.6 Å². The van der Waals surface area contributed by atoms with Crippen LogP contribution in [0.1, 0.15) is 28.3 Å². The normalized spacial score (nSPS) is 17.1. The fraction of sp³-hybridized carbons (Fsp3) is 0.375. The molecular formula is C16H19ClN2O3. The summed E-state index contributed by atoms with van der Waals surface area (Å²) in [4.78, 5) is 16.3. The number of pyridine rings is 1. The number of fused-ring (bicyclic) bond motifs is 1. The van der Waals surface area contributed by atoms with Crippen LogP contribution in [0.15, 0.2) is 24.4 Å². The average molecular weight is 323 g/mol. The summed E-state index contributed by atoms with van der Waals surface area (Å²) in [5.74, 6) is 0.547. The van der Waals surface area contributed by atoms with Crippen molar-refractivity contribution in [2.75, 3.05) is 27.3 Å². The lowest BCUT2D eigenvalue weighted by atomic mass is 9.94. The Morgan fingerprint density at radius 1 is 1.36 bits per heavy atom. The molecule has 1 aliphatic heterocycles. The molecule has 0 radical (unpaired) electrons. The van der Waals surface area contributed by atoms with Crippen LogP contribution >= 0.6 is 12.4 Å². The predicted octanol–water partition coefficient (Wildman–Crippen LogP) is 2.53. The lowest BCUT2D eigenvalue weighted by Crippen LogP contribution is -2.09. The lowest BCUT2D eigenvalue weighted by molar-refractivity contribution is 0.0597. The van der Waals surface area contributed by atoms with E-state index in [2.05, 4.69) is 10.3 Å². The van der Waals surface area contributed by atoms with E-state index in [1.807, 2.05) is 18.3 Å². The number of rotatable bonds is 3. The van der Waals surface area contributed by atoms with Gasteiger partial charge in [-0.3, -0.25) is 4.98 Å². The first kappa shape index (κ1) is 16.5. The molecule has 1 saturated heterocycles. The molecule has 6 heteroatoms. The highest BCUT2D eigenvalue weighted by Gasteiger charge is 2.21. The van der Waals surface area contributed by atoms with E-state index in [9.17, 15) is 4.79 Å². The molecule has 118 valence electrons. The second kappa shape index (κ2) is 6.94. The van der Waals surface area contributed by atoms with E-state index in [4.69, 9.17) is 9.47 Å². The maximum absolute atomic E-state index is 11.9. The molecule has 1 aromatic heterocycles. The Kier molecular flexibility index (Phi) is 5.21. The van der Waals surface area contributed by atoms with Gasteiger partial charge in [0.25, 0.3) is 0 Å². The average Bonchev–Trinajstić information content (AvgIpc) is 3.06. The number of benzene rings is 1. The fourth-order valence-corrected chi connectivity index (χ4v) is 2.91. The van der Waals surface area contributed by atoms with Gasteiger partial charge in [0.2, 0.25) is 0 Å². The van der Waals surface area contributed by atoms with Crippen LogP contribution in [-0.4, -0.2) is 38.3 Å². The number of hydrogen-bond acceptors (Lipinski definition) is 5. The molecule has 2 heterocycles. The van der Waals surface area contributed by atoms with E-state index >= 15 is 0 Å². The zero-order valence-corrected chi connectivity index (χ0v) is 13.4. The zero-order valence-electron chi connectivity index (χ0n) is 12.6. The first-order chi connectivity index (χ1) is 10.2. The Morgan fingerprint density at radius 3 is 2.82 bits per heavy atom. The smallest absolute Gasteiger partial charge is 0.341 e. The number of aromatic nitrogens is 1. The van der Waals surface area contributed by atoms with E-state index in [-0.39, 0.29) is 12.4 Å². The van der Waals surface area contributed by atoms with Gasteiger partial charge in [0.15, 0.2) is 0 Å². The van der Waals surface area contributed by atoms with Gasteiger partial charge in [0.05, 0.1) is 19.7 Å². The number of carbonyl (C=O) groups is 1. The van der Waals surface area contributed by atoms with Crippen LogP contribution in [0.5, 0.6) is 5.75 Å². The summed E-state index contributed by atoms with van der Waals surface area (Å²) in [6.45, 7) is 1.98. The Hall–Kier alpha value is -1.85. The summed E-state index contributed by atoms with van der Waals surface area (Å²) in [7, 11) is 2.91. The molecule has 0 bridgehead atoms. The van der Waals surface area contributed by atoms with Crippen LogP contribution in [-0.2, 0) is 4.74 Å². The third-order valence-corrected chi connectivity index (χ3v) is 4.00. The lowest BCUT2D eigenvalue weighted by Gasteiger charge is -2.14. The quantitative estimate of drug-likeness (QED) is 0.880. The minimum absolute atomic E-state index is 0. The fourth-order valence-electron chi connectivity index (χ4n) is 2.91. The summed E-state index contributed by atoms with van der Waals surface area (Å²) < 4.78 is 10.1. The van der Waals surface area contributed by atoms with Crippen LogP contribution in [0.3, 0.4) is 0 Å². The van der Waals surface area contributed by atoms with Crippen molar-refractivity contribution in [2.45, 2.75) is 12.3 Å². The first-order valence-corrected chi connectivity index (χ1v) is 7.00. The van der Waals surface area contributed by atoms with Gasteiger partial charge >= 0.3 is 5.97 Å². The van der Waals surface area contributed by atoms with Crippen LogP contribution in [0.2, 0.25) is 0 Å². The van der Waals surface area contributed by atoms with Crippen molar-refractivity contribution < 1.29 is 14.3 Å². The molecule has 0 aliphatic carbocycles. The molecule has 5 nitrogen and oxygen atoms in total. The van der Waals surface area contributed by atoms with Crippen molar-refractivity contribution in [3.05, 3.63) is 35.5 Å². The third kappa shape index (κ3) is 2.87. The standard InChI is InChI=1S/C16H18N2O3.ClH/c1-20-15-8-14-12(7-13(15)16(19)21-2)11(4-6-18-14)10-3-5-17-9-10;/h4,6-8,10,17H,3,5,9H2,1-2H3;1H. The van der Waals surface area contributed by atoms with Crippen LogP contribution in [0.25, 0.3) is 10.9 Å². The van der Waals surface area contributed by atoms with Crippen LogP contribution in [0.4, 0.5) is 0 Å². The number of nitrogens with zero attached hydrogens (tertiary/aromatic N) is 1. The van der Waals surface area contributed by atoms with E-state index in [0.717, 1.165) is 30.4 Å². The molecule has 0 amide bonds. The molecule has 22 heavy (non-hydrogen) atoms. The summed E-state index contributed by atoms with van der Waals surface area (Å²) in [5.41, 5.74) is 2.49. The van der Waals surface area contributed by atoms with Crippen LogP contribution < -0.4 is 10.1 Å². The Labute approximate surface area is 135 Å². The number of ether oxygens (including phenoxy) is 2. The zero-order chi connectivity index (χ0) is 14.8. The van der Waals surface area contributed by atoms with Crippen molar-refractivity contribution in [2.24, 2.45) is 0 Å². The number of esters is 1. The molecule has 1 aliphatic rings. The minimum Gasteiger partial charge on any atom is -0.496 e. The Morgan fingerprint density at radius 2 is 2.18 bits per heavy atom. The molecule has 1 fully saturated rings. The van der Waals surface area contributed by atoms with E-state index in [1.165, 1.54) is 12.7 Å². The summed E-state index contributed by atoms with van der Waals surface area (Å²) >= 11 is 0. The highest BCUT2D eigenvalue weighted by atomic mass is 35.5. The molecule has 0 saturated carbocycles. The van der Waals surface area contributed by atoms with E-state index in [1.54, 1.807) is 13.2 Å². The highest BCUT2D eigenvalue weighted by Crippen LogP contribution is 2.32. The highest BCUT2D eigenvalue weighted by molar-refractivity contribution is 5.98. The number of halogens is 1. The second-order valence-electron chi connectivity index (χ2n) is 5.15. The number of hydrogen-bond donors (Lipinski definition) is 1. The molecule has 1 unspecified atom stereocenters. The van der Waals surface area contributed by atoms with E-state index in [0.29, 0.717) is 17.2 Å². The van der Waals surface area contributed by atoms with Crippen molar-refractivity contribution in [3.63, 3.8) is 0 Å². The largest absolute Gasteiger partial charge is 0.496 e. The molecular weight excluding hydrogens is 304 g/mol. The van der Waals surface area contributed by atoms with Crippen molar-refractivity contribution in [1.82, 2.24) is 10.3 Å². The van der Waals surface area contributed by atoms with Crippen LogP contribution in [0, 0.1) is 0 Å². The van der Waals surface area contributed by atoms with Gasteiger partial charge in [-0.2, -0.15) is 0 Å². The SMILES string of the molecule is COC(=O)c1cc2c(C3CCNC3)ccnc2cc1OC.Cl. The maximum atomic E-state index is 11.9. The molecule has 1 atom stereocenters. The monoisotopic (exact) mass is 322 g/mol. The maximum Gasteiger partial charge on any atom is 0.341 e. The topological polar surface area (TPSA) is 60.5 Å². The minimum atomic E-state index is -0.395. The molecule has 3 rings (SSSR count). The molecule has 2 aromatic rings. The second-order valence-corrected chi connectivity index (χ2v) is 5.15. The molecule has 0 spiro atoms. The van der Waals surface area contributed by atoms with Crippen molar-refractivity contribution in [3.8, 4) is 5.75 Å². The van der Waals surface area contributed by atoms with E-state index < -0.39 is 5.97 Å². The van der Waals surface area contributed by atoms with Gasteiger partial charge in [-0.15, -0.1) is 12.4 Å². The third-order valence-electron chi connectivity index (χ3n) is 4.00. The Balaban J connectivity index is 0.00000176. The Bertz CT molecular complexity index is 684. The van der Waals surface area contributed by atoms with Crippen molar-refractivity contribution >= 4 is 29.3 Å². The van der Waals surface area contributed by atoms with Crippen molar-refractivity contribution in [1.29, 1.82) is 0 Å².